The monoisotopic (exact) mass is 533 g/mol. The lowest BCUT2D eigenvalue weighted by Crippen LogP contribution is -2.52. The van der Waals surface area contributed by atoms with Gasteiger partial charge in [-0.05, 0) is 61.7 Å². The minimum absolute atomic E-state index is 0.122. The Bertz CT molecular complexity index is 1120. The van der Waals surface area contributed by atoms with Crippen molar-refractivity contribution in [2.75, 3.05) is 37.4 Å². The molecule has 0 saturated heterocycles. The van der Waals surface area contributed by atoms with E-state index in [1.807, 2.05) is 32.9 Å². The van der Waals surface area contributed by atoms with E-state index >= 15 is 0 Å². The summed E-state index contributed by atoms with van der Waals surface area (Å²) in [5.41, 5.74) is 1.10. The molecule has 2 aromatic carbocycles. The highest BCUT2D eigenvalue weighted by Crippen LogP contribution is 2.23. The Hall–Kier alpha value is -3.27. The summed E-state index contributed by atoms with van der Waals surface area (Å²) in [6.45, 7) is 6.38. The fraction of sp³-hybridized carbons (Fsp3) is 0.481. The van der Waals surface area contributed by atoms with Crippen molar-refractivity contribution in [3.8, 4) is 11.5 Å². The Kier molecular flexibility index (Phi) is 11.7. The summed E-state index contributed by atoms with van der Waals surface area (Å²) in [6, 6.07) is 13.0. The summed E-state index contributed by atoms with van der Waals surface area (Å²) in [7, 11) is -2.25. The number of hydrogen-bond acceptors (Lipinski definition) is 6. The third-order valence-corrected chi connectivity index (χ3v) is 6.96. The van der Waals surface area contributed by atoms with Gasteiger partial charge in [0, 0.05) is 13.1 Å². The summed E-state index contributed by atoms with van der Waals surface area (Å²) in [5.74, 6) is 0.469. The predicted molar refractivity (Wildman–Crippen MR) is 145 cm³/mol. The van der Waals surface area contributed by atoms with Crippen LogP contribution in [0.3, 0.4) is 0 Å². The van der Waals surface area contributed by atoms with Gasteiger partial charge in [0.25, 0.3) is 0 Å². The highest BCUT2D eigenvalue weighted by molar-refractivity contribution is 7.92. The minimum Gasteiger partial charge on any atom is -0.497 e. The summed E-state index contributed by atoms with van der Waals surface area (Å²) < 4.78 is 37.2. The molecular formula is C27H39N3O6S. The average molecular weight is 534 g/mol. The Balaban J connectivity index is 2.40. The van der Waals surface area contributed by atoms with Crippen LogP contribution in [0.15, 0.2) is 48.5 Å². The van der Waals surface area contributed by atoms with Gasteiger partial charge in [0.05, 0.1) is 25.7 Å². The molecule has 0 radical (unpaired) electrons. The lowest BCUT2D eigenvalue weighted by atomic mass is 10.1. The normalized spacial score (nSPS) is 11.9. The van der Waals surface area contributed by atoms with Gasteiger partial charge in [-0.25, -0.2) is 8.42 Å². The van der Waals surface area contributed by atoms with E-state index < -0.39 is 28.5 Å². The van der Waals surface area contributed by atoms with Gasteiger partial charge in [-0.1, -0.05) is 32.4 Å². The van der Waals surface area contributed by atoms with Gasteiger partial charge in [0.1, 0.15) is 24.1 Å². The van der Waals surface area contributed by atoms with Gasteiger partial charge in [0.15, 0.2) is 0 Å². The van der Waals surface area contributed by atoms with Gasteiger partial charge >= 0.3 is 0 Å². The van der Waals surface area contributed by atoms with E-state index in [1.54, 1.807) is 43.5 Å². The molecule has 1 unspecified atom stereocenters. The van der Waals surface area contributed by atoms with Crippen LogP contribution >= 0.6 is 0 Å². The first-order valence-electron chi connectivity index (χ1n) is 12.5. The first kappa shape index (κ1) is 30.0. The van der Waals surface area contributed by atoms with Gasteiger partial charge < -0.3 is 19.7 Å². The van der Waals surface area contributed by atoms with Gasteiger partial charge in [-0.15, -0.1) is 0 Å². The molecule has 0 heterocycles. The molecule has 2 amide bonds. The van der Waals surface area contributed by atoms with Crippen LogP contribution in [0.5, 0.6) is 11.5 Å². The smallest absolute Gasteiger partial charge is 0.244 e. The average Bonchev–Trinajstić information content (AvgIpc) is 2.87. The zero-order valence-corrected chi connectivity index (χ0v) is 23.2. The second-order valence-corrected chi connectivity index (χ2v) is 10.5. The fourth-order valence-electron chi connectivity index (χ4n) is 3.88. The van der Waals surface area contributed by atoms with E-state index in [0.29, 0.717) is 36.8 Å². The van der Waals surface area contributed by atoms with Crippen LogP contribution in [0.2, 0.25) is 0 Å². The Morgan fingerprint density at radius 3 is 2.30 bits per heavy atom. The Morgan fingerprint density at radius 2 is 1.73 bits per heavy atom. The molecule has 0 fully saturated rings. The van der Waals surface area contributed by atoms with Crippen molar-refractivity contribution in [1.29, 1.82) is 0 Å². The van der Waals surface area contributed by atoms with E-state index in [-0.39, 0.29) is 12.5 Å². The van der Waals surface area contributed by atoms with Crippen LogP contribution in [0.4, 0.5) is 5.69 Å². The summed E-state index contributed by atoms with van der Waals surface area (Å²) in [6.07, 6.45) is 3.17. The first-order valence-corrected chi connectivity index (χ1v) is 14.4. The summed E-state index contributed by atoms with van der Waals surface area (Å²) in [5, 5.41) is 2.91. The van der Waals surface area contributed by atoms with E-state index in [2.05, 4.69) is 5.32 Å². The minimum atomic E-state index is -3.80. The molecule has 1 N–H and O–H groups in total. The number of hydrogen-bond donors (Lipinski definition) is 1. The lowest BCUT2D eigenvalue weighted by molar-refractivity contribution is -0.140. The molecule has 2 rings (SSSR count). The second kappa shape index (κ2) is 14.5. The van der Waals surface area contributed by atoms with Gasteiger partial charge in [-0.2, -0.15) is 0 Å². The molecule has 9 nitrogen and oxygen atoms in total. The van der Waals surface area contributed by atoms with Gasteiger partial charge in [-0.3, -0.25) is 13.9 Å². The molecule has 0 spiro atoms. The molecule has 37 heavy (non-hydrogen) atoms. The maximum absolute atomic E-state index is 13.7. The molecule has 0 aliphatic rings. The molecular weight excluding hydrogens is 494 g/mol. The van der Waals surface area contributed by atoms with Crippen molar-refractivity contribution in [1.82, 2.24) is 10.2 Å². The molecule has 204 valence electrons. The number of amides is 2. The van der Waals surface area contributed by atoms with Crippen molar-refractivity contribution in [3.05, 3.63) is 54.1 Å². The highest BCUT2D eigenvalue weighted by atomic mass is 32.2. The number of nitrogens with one attached hydrogen (secondary N) is 1. The van der Waals surface area contributed by atoms with Crippen LogP contribution in [0, 0.1) is 0 Å². The van der Waals surface area contributed by atoms with Crippen molar-refractivity contribution in [2.45, 2.75) is 52.6 Å². The van der Waals surface area contributed by atoms with Crippen LogP contribution in [0.1, 0.15) is 45.6 Å². The van der Waals surface area contributed by atoms with Crippen LogP contribution < -0.4 is 19.1 Å². The van der Waals surface area contributed by atoms with Crippen LogP contribution in [0.25, 0.3) is 0 Å². The van der Waals surface area contributed by atoms with E-state index in [9.17, 15) is 18.0 Å². The van der Waals surface area contributed by atoms with Crippen molar-refractivity contribution < 1.29 is 27.5 Å². The predicted octanol–water partition coefficient (Wildman–Crippen LogP) is 3.58. The molecule has 0 saturated carbocycles. The molecule has 2 aromatic rings. The number of rotatable bonds is 15. The van der Waals surface area contributed by atoms with Gasteiger partial charge in [0.2, 0.25) is 21.8 Å². The zero-order chi connectivity index (χ0) is 27.4. The van der Waals surface area contributed by atoms with E-state index in [1.165, 1.54) is 4.90 Å². The largest absolute Gasteiger partial charge is 0.497 e. The quantitative estimate of drug-likeness (QED) is 0.351. The van der Waals surface area contributed by atoms with Crippen LogP contribution in [-0.2, 0) is 26.2 Å². The number of carbonyl (C=O) groups is 2. The summed E-state index contributed by atoms with van der Waals surface area (Å²) in [4.78, 5) is 28.3. The Morgan fingerprint density at radius 1 is 1.03 bits per heavy atom. The SMILES string of the molecule is CCCCNC(=O)C(CC)N(Cc1cccc(OC)c1)C(=O)CN(c1ccc(OCC)cc1)S(C)(=O)=O. The Labute approximate surface area is 220 Å². The third-order valence-electron chi connectivity index (χ3n) is 5.82. The second-order valence-electron chi connectivity index (χ2n) is 8.64. The number of unbranched alkanes of at least 4 members (excludes halogenated alkanes) is 1. The fourth-order valence-corrected chi connectivity index (χ4v) is 4.73. The highest BCUT2D eigenvalue weighted by Gasteiger charge is 2.31. The summed E-state index contributed by atoms with van der Waals surface area (Å²) >= 11 is 0. The molecule has 10 heteroatoms. The van der Waals surface area contributed by atoms with Crippen molar-refractivity contribution >= 4 is 27.5 Å². The van der Waals surface area contributed by atoms with Crippen LogP contribution in [-0.4, -0.2) is 64.2 Å². The molecule has 0 bridgehead atoms. The lowest BCUT2D eigenvalue weighted by Gasteiger charge is -2.33. The maximum atomic E-state index is 13.7. The number of methoxy groups -OCH3 is 1. The number of anilines is 1. The number of sulfonamides is 1. The van der Waals surface area contributed by atoms with Crippen molar-refractivity contribution in [3.63, 3.8) is 0 Å². The molecule has 0 aliphatic heterocycles. The topological polar surface area (TPSA) is 105 Å². The maximum Gasteiger partial charge on any atom is 0.244 e. The van der Waals surface area contributed by atoms with E-state index in [4.69, 9.17) is 9.47 Å². The molecule has 0 aliphatic carbocycles. The standard InChI is InChI=1S/C27H39N3O6S/c1-6-9-17-28-27(32)25(7-2)29(19-21-11-10-12-24(18-21)35-4)26(31)20-30(37(5,33)34)22-13-15-23(16-14-22)36-8-3/h10-16,18,25H,6-9,17,19-20H2,1-5H3,(H,28,32). The number of nitrogens with zero attached hydrogens (tertiary/aromatic N) is 2. The number of carbonyl (C=O) groups excluding carboxylic acids is 2. The van der Waals surface area contributed by atoms with Crippen molar-refractivity contribution in [2.24, 2.45) is 0 Å². The molecule has 0 aromatic heterocycles. The first-order chi connectivity index (χ1) is 17.6. The number of ether oxygens (including phenoxy) is 2. The van der Waals surface area contributed by atoms with E-state index in [0.717, 1.165) is 29.0 Å². The number of benzene rings is 2. The third kappa shape index (κ3) is 8.96. The molecule has 1 atom stereocenters. The zero-order valence-electron chi connectivity index (χ0n) is 22.4.